The van der Waals surface area contributed by atoms with Crippen LogP contribution in [0.2, 0.25) is 0 Å². The van der Waals surface area contributed by atoms with E-state index in [0.717, 1.165) is 5.56 Å². The Morgan fingerprint density at radius 3 is 3.07 bits per heavy atom. The summed E-state index contributed by atoms with van der Waals surface area (Å²) < 4.78 is 0. The molecule has 0 saturated carbocycles. The van der Waals surface area contributed by atoms with Crippen molar-refractivity contribution in [2.75, 3.05) is 11.1 Å². The third-order valence-electron chi connectivity index (χ3n) is 2.02. The molecule has 0 aromatic carbocycles. The van der Waals surface area contributed by atoms with Crippen LogP contribution in [0.4, 0.5) is 11.5 Å². The second kappa shape index (κ2) is 4.52. The highest BCUT2D eigenvalue weighted by molar-refractivity contribution is 5.65. The van der Waals surface area contributed by atoms with E-state index < -0.39 is 0 Å². The van der Waals surface area contributed by atoms with Crippen LogP contribution in [0.15, 0.2) is 12.3 Å². The lowest BCUT2D eigenvalue weighted by Gasteiger charge is -2.14. The highest BCUT2D eigenvalue weighted by atomic mass is 15.0. The molecule has 0 spiro atoms. The van der Waals surface area contributed by atoms with Crippen LogP contribution in [0, 0.1) is 19.3 Å². The third-order valence-corrected chi connectivity index (χ3v) is 2.02. The maximum atomic E-state index is 5.85. The number of terminal acetylenes is 1. The van der Waals surface area contributed by atoms with Crippen LogP contribution < -0.4 is 11.1 Å². The van der Waals surface area contributed by atoms with E-state index in [2.05, 4.69) is 16.2 Å². The second-order valence-electron chi connectivity index (χ2n) is 3.34. The van der Waals surface area contributed by atoms with E-state index in [1.165, 1.54) is 0 Å². The van der Waals surface area contributed by atoms with E-state index in [1.807, 2.05) is 19.9 Å². The highest BCUT2D eigenvalue weighted by Gasteiger charge is 2.05. The molecule has 0 aliphatic rings. The zero-order valence-electron chi connectivity index (χ0n) is 8.54. The van der Waals surface area contributed by atoms with Gasteiger partial charge in [-0.25, -0.2) is 4.98 Å². The van der Waals surface area contributed by atoms with Crippen molar-refractivity contribution in [3.63, 3.8) is 0 Å². The van der Waals surface area contributed by atoms with Crippen LogP contribution in [-0.2, 0) is 0 Å². The Hall–Kier alpha value is -1.69. The molecule has 0 aliphatic heterocycles. The normalized spacial score (nSPS) is 11.8. The summed E-state index contributed by atoms with van der Waals surface area (Å²) in [7, 11) is 0. The zero-order valence-corrected chi connectivity index (χ0v) is 8.54. The van der Waals surface area contributed by atoms with Gasteiger partial charge in [0.25, 0.3) is 0 Å². The first-order valence-corrected chi connectivity index (χ1v) is 4.56. The molecule has 1 unspecified atom stereocenters. The van der Waals surface area contributed by atoms with E-state index in [0.29, 0.717) is 17.9 Å². The van der Waals surface area contributed by atoms with Gasteiger partial charge < -0.3 is 11.1 Å². The summed E-state index contributed by atoms with van der Waals surface area (Å²) >= 11 is 0. The number of nitrogens with zero attached hydrogens (tertiary/aromatic N) is 1. The molecule has 0 fully saturated rings. The minimum Gasteiger partial charge on any atom is -0.396 e. The maximum absolute atomic E-state index is 5.85. The van der Waals surface area contributed by atoms with Crippen molar-refractivity contribution >= 4 is 11.5 Å². The molecule has 1 rings (SSSR count). The minimum atomic E-state index is 0.191. The van der Waals surface area contributed by atoms with Crippen LogP contribution in [0.25, 0.3) is 0 Å². The topological polar surface area (TPSA) is 50.9 Å². The minimum absolute atomic E-state index is 0.191. The molecule has 0 radical (unpaired) electrons. The van der Waals surface area contributed by atoms with Crippen molar-refractivity contribution in [2.45, 2.75) is 26.3 Å². The first-order valence-electron chi connectivity index (χ1n) is 4.56. The average molecular weight is 189 g/mol. The van der Waals surface area contributed by atoms with E-state index >= 15 is 0 Å². The third kappa shape index (κ3) is 2.40. The Bertz CT molecular complexity index is 352. The fraction of sp³-hybridized carbons (Fsp3) is 0.364. The fourth-order valence-electron chi connectivity index (χ4n) is 1.15. The van der Waals surface area contributed by atoms with Crippen molar-refractivity contribution in [1.82, 2.24) is 4.98 Å². The van der Waals surface area contributed by atoms with Crippen molar-refractivity contribution in [3.05, 3.63) is 17.8 Å². The standard InChI is InChI=1S/C11H15N3/c1-4-5-9(3)14-11-10(12)8(2)6-7-13-11/h1,6-7,9H,5,12H2,2-3H3,(H,13,14). The number of nitrogen functional groups attached to an aromatic ring is 1. The molecule has 3 N–H and O–H groups in total. The number of hydrogen-bond donors (Lipinski definition) is 2. The molecule has 1 aromatic rings. The Kier molecular flexibility index (Phi) is 3.35. The van der Waals surface area contributed by atoms with Gasteiger partial charge in [0, 0.05) is 18.7 Å². The number of aryl methyl sites for hydroxylation is 1. The van der Waals surface area contributed by atoms with Gasteiger partial charge in [-0.15, -0.1) is 12.3 Å². The summed E-state index contributed by atoms with van der Waals surface area (Å²) in [4.78, 5) is 4.16. The number of aromatic nitrogens is 1. The van der Waals surface area contributed by atoms with Crippen molar-refractivity contribution in [1.29, 1.82) is 0 Å². The Balaban J connectivity index is 2.77. The monoisotopic (exact) mass is 189 g/mol. The number of hydrogen-bond acceptors (Lipinski definition) is 3. The molecule has 0 saturated heterocycles. The van der Waals surface area contributed by atoms with E-state index in [9.17, 15) is 0 Å². The molecular weight excluding hydrogens is 174 g/mol. The average Bonchev–Trinajstić information content (AvgIpc) is 2.13. The van der Waals surface area contributed by atoms with Gasteiger partial charge in [-0.05, 0) is 25.5 Å². The van der Waals surface area contributed by atoms with Crippen LogP contribution in [0.5, 0.6) is 0 Å². The van der Waals surface area contributed by atoms with Crippen molar-refractivity contribution in [3.8, 4) is 12.3 Å². The smallest absolute Gasteiger partial charge is 0.149 e. The molecule has 3 nitrogen and oxygen atoms in total. The van der Waals surface area contributed by atoms with E-state index in [-0.39, 0.29) is 6.04 Å². The molecular formula is C11H15N3. The van der Waals surface area contributed by atoms with Gasteiger partial charge >= 0.3 is 0 Å². The van der Waals surface area contributed by atoms with Crippen LogP contribution in [0.1, 0.15) is 18.9 Å². The van der Waals surface area contributed by atoms with Gasteiger partial charge in [0.2, 0.25) is 0 Å². The van der Waals surface area contributed by atoms with Gasteiger partial charge in [-0.1, -0.05) is 0 Å². The van der Waals surface area contributed by atoms with E-state index in [4.69, 9.17) is 12.2 Å². The predicted molar refractivity (Wildman–Crippen MR) is 59.9 cm³/mol. The van der Waals surface area contributed by atoms with Gasteiger partial charge in [0.1, 0.15) is 5.82 Å². The number of nitrogens with one attached hydrogen (secondary N) is 1. The first-order chi connectivity index (χ1) is 6.65. The number of anilines is 2. The van der Waals surface area contributed by atoms with Crippen molar-refractivity contribution < 1.29 is 0 Å². The molecule has 0 bridgehead atoms. The van der Waals surface area contributed by atoms with Crippen molar-refractivity contribution in [2.24, 2.45) is 0 Å². The zero-order chi connectivity index (χ0) is 10.6. The lowest BCUT2D eigenvalue weighted by molar-refractivity contribution is 0.822. The molecule has 0 aliphatic carbocycles. The Morgan fingerprint density at radius 2 is 2.43 bits per heavy atom. The summed E-state index contributed by atoms with van der Waals surface area (Å²) in [6, 6.07) is 2.07. The van der Waals surface area contributed by atoms with Gasteiger partial charge in [0.05, 0.1) is 5.69 Å². The molecule has 3 heteroatoms. The van der Waals surface area contributed by atoms with Gasteiger partial charge in [0.15, 0.2) is 0 Å². The molecule has 0 amide bonds. The summed E-state index contributed by atoms with van der Waals surface area (Å²) in [5, 5.41) is 3.17. The number of pyridine rings is 1. The second-order valence-corrected chi connectivity index (χ2v) is 3.34. The predicted octanol–water partition coefficient (Wildman–Crippen LogP) is 1.80. The SMILES string of the molecule is C#CCC(C)Nc1nccc(C)c1N. The quantitative estimate of drug-likeness (QED) is 0.713. The highest BCUT2D eigenvalue weighted by Crippen LogP contribution is 2.19. The summed E-state index contributed by atoms with van der Waals surface area (Å²) in [5.74, 6) is 3.31. The fourth-order valence-corrected chi connectivity index (χ4v) is 1.15. The lowest BCUT2D eigenvalue weighted by Crippen LogP contribution is -2.16. The number of rotatable bonds is 3. The molecule has 1 atom stereocenters. The van der Waals surface area contributed by atoms with Gasteiger partial charge in [-0.3, -0.25) is 0 Å². The largest absolute Gasteiger partial charge is 0.396 e. The summed E-state index contributed by atoms with van der Waals surface area (Å²) in [6.07, 6.45) is 7.60. The molecule has 1 heterocycles. The summed E-state index contributed by atoms with van der Waals surface area (Å²) in [6.45, 7) is 3.96. The van der Waals surface area contributed by atoms with Gasteiger partial charge in [-0.2, -0.15) is 0 Å². The maximum Gasteiger partial charge on any atom is 0.149 e. The molecule has 1 aromatic heterocycles. The first kappa shape index (κ1) is 10.4. The summed E-state index contributed by atoms with van der Waals surface area (Å²) in [5.41, 5.74) is 7.56. The lowest BCUT2D eigenvalue weighted by atomic mass is 10.2. The van der Waals surface area contributed by atoms with Crippen LogP contribution >= 0.6 is 0 Å². The van der Waals surface area contributed by atoms with Crippen LogP contribution in [0.3, 0.4) is 0 Å². The molecule has 74 valence electrons. The van der Waals surface area contributed by atoms with Crippen LogP contribution in [-0.4, -0.2) is 11.0 Å². The number of nitrogens with two attached hydrogens (primary N) is 1. The molecule has 14 heavy (non-hydrogen) atoms. The Labute approximate surface area is 84.7 Å². The van der Waals surface area contributed by atoms with E-state index in [1.54, 1.807) is 6.20 Å². The Morgan fingerprint density at radius 1 is 1.71 bits per heavy atom.